The van der Waals surface area contributed by atoms with Crippen molar-refractivity contribution in [2.24, 2.45) is 0 Å². The molecule has 8 nitrogen and oxygen atoms in total. The maximum absolute atomic E-state index is 12.9. The summed E-state index contributed by atoms with van der Waals surface area (Å²) >= 11 is 6.04. The van der Waals surface area contributed by atoms with Crippen LogP contribution >= 0.6 is 11.6 Å². The number of hydrogen-bond donors (Lipinski definition) is 2. The molecule has 1 unspecified atom stereocenters. The molecule has 152 valence electrons. The first-order valence-corrected chi connectivity index (χ1v) is 9.08. The van der Waals surface area contributed by atoms with Gasteiger partial charge in [-0.15, -0.1) is 0 Å². The number of rotatable bonds is 6. The molecule has 0 bridgehead atoms. The highest BCUT2D eigenvalue weighted by Gasteiger charge is 2.49. The maximum Gasteiger partial charge on any atom is 0.325 e. The van der Waals surface area contributed by atoms with Gasteiger partial charge in [0.1, 0.15) is 23.6 Å². The van der Waals surface area contributed by atoms with E-state index in [1.54, 1.807) is 43.3 Å². The molecule has 1 aliphatic rings. The number of nitrogens with zero attached hydrogens (tertiary/aromatic N) is 1. The minimum atomic E-state index is -1.27. The summed E-state index contributed by atoms with van der Waals surface area (Å²) in [4.78, 5) is 38.5. The lowest BCUT2D eigenvalue weighted by molar-refractivity contribution is -0.133. The lowest BCUT2D eigenvalue weighted by Gasteiger charge is -2.22. The van der Waals surface area contributed by atoms with Crippen LogP contribution in [0.4, 0.5) is 10.5 Å². The van der Waals surface area contributed by atoms with E-state index < -0.39 is 29.9 Å². The predicted octanol–water partition coefficient (Wildman–Crippen LogP) is 2.76. The third kappa shape index (κ3) is 3.97. The van der Waals surface area contributed by atoms with Crippen LogP contribution in [-0.2, 0) is 15.1 Å². The second kappa shape index (κ2) is 8.00. The summed E-state index contributed by atoms with van der Waals surface area (Å²) in [6, 6.07) is 10.9. The number of benzene rings is 2. The van der Waals surface area contributed by atoms with Crippen LogP contribution in [0.3, 0.4) is 0 Å². The van der Waals surface area contributed by atoms with Gasteiger partial charge in [-0.1, -0.05) is 23.7 Å². The molecule has 0 saturated carbocycles. The summed E-state index contributed by atoms with van der Waals surface area (Å²) in [5, 5.41) is 5.60. The first-order chi connectivity index (χ1) is 13.8. The summed E-state index contributed by atoms with van der Waals surface area (Å²) in [7, 11) is 3.02. The maximum atomic E-state index is 12.9. The Labute approximate surface area is 172 Å². The molecule has 2 N–H and O–H groups in total. The van der Waals surface area contributed by atoms with Crippen molar-refractivity contribution >= 4 is 35.1 Å². The van der Waals surface area contributed by atoms with E-state index >= 15 is 0 Å². The van der Waals surface area contributed by atoms with Crippen LogP contribution in [-0.4, -0.2) is 43.5 Å². The van der Waals surface area contributed by atoms with Crippen molar-refractivity contribution in [2.75, 3.05) is 26.1 Å². The Hall–Kier alpha value is -3.26. The Morgan fingerprint density at radius 3 is 2.41 bits per heavy atom. The molecule has 0 aromatic heterocycles. The Balaban J connectivity index is 1.72. The standard InChI is InChI=1S/C20H20ClN3O5/c1-20(12-4-7-14(28-2)8-5-12)18(26)24(19(27)23-20)11-17(25)22-13-6-9-16(29-3)15(21)10-13/h4-10H,11H2,1-3H3,(H,22,25)(H,23,27). The molecule has 29 heavy (non-hydrogen) atoms. The number of carbonyl (C=O) groups excluding carboxylic acids is 3. The number of halogens is 1. The minimum absolute atomic E-state index is 0.326. The lowest BCUT2D eigenvalue weighted by atomic mass is 9.92. The SMILES string of the molecule is COc1ccc(C2(C)NC(=O)N(CC(=O)Nc3ccc(OC)c(Cl)c3)C2=O)cc1. The smallest absolute Gasteiger partial charge is 0.325 e. The zero-order chi connectivity index (χ0) is 21.2. The van der Waals surface area contributed by atoms with Gasteiger partial charge in [0.2, 0.25) is 5.91 Å². The Bertz CT molecular complexity index is 963. The van der Waals surface area contributed by atoms with Gasteiger partial charge in [0.15, 0.2) is 0 Å². The number of urea groups is 1. The minimum Gasteiger partial charge on any atom is -0.497 e. The summed E-state index contributed by atoms with van der Waals surface area (Å²) in [5.74, 6) is 0.0434. The monoisotopic (exact) mass is 417 g/mol. The number of hydrogen-bond acceptors (Lipinski definition) is 5. The Kier molecular flexibility index (Phi) is 5.65. The first kappa shape index (κ1) is 20.5. The van der Waals surface area contributed by atoms with Crippen molar-refractivity contribution in [3.05, 3.63) is 53.1 Å². The van der Waals surface area contributed by atoms with E-state index in [9.17, 15) is 14.4 Å². The second-order valence-corrected chi connectivity index (χ2v) is 6.98. The molecule has 0 aliphatic carbocycles. The molecule has 1 aliphatic heterocycles. The van der Waals surface area contributed by atoms with Crippen LogP contribution in [0.2, 0.25) is 5.02 Å². The van der Waals surface area contributed by atoms with E-state index in [1.165, 1.54) is 20.3 Å². The predicted molar refractivity (Wildman–Crippen MR) is 107 cm³/mol. The van der Waals surface area contributed by atoms with E-state index in [0.717, 1.165) is 4.90 Å². The third-order valence-electron chi connectivity index (χ3n) is 4.68. The molecule has 0 spiro atoms. The number of carbonyl (C=O) groups is 3. The molecule has 2 aromatic carbocycles. The van der Waals surface area contributed by atoms with Gasteiger partial charge < -0.3 is 20.1 Å². The fourth-order valence-corrected chi connectivity index (χ4v) is 3.31. The highest BCUT2D eigenvalue weighted by Crippen LogP contribution is 2.30. The van der Waals surface area contributed by atoms with Gasteiger partial charge in [-0.05, 0) is 42.8 Å². The molecule has 1 saturated heterocycles. The van der Waals surface area contributed by atoms with Crippen molar-refractivity contribution in [3.63, 3.8) is 0 Å². The van der Waals surface area contributed by atoms with E-state index in [1.807, 2.05) is 0 Å². The third-order valence-corrected chi connectivity index (χ3v) is 4.97. The van der Waals surface area contributed by atoms with Crippen molar-refractivity contribution in [1.29, 1.82) is 0 Å². The van der Waals surface area contributed by atoms with Gasteiger partial charge >= 0.3 is 6.03 Å². The first-order valence-electron chi connectivity index (χ1n) is 8.70. The molecule has 1 atom stereocenters. The Morgan fingerprint density at radius 1 is 1.14 bits per heavy atom. The summed E-state index contributed by atoms with van der Waals surface area (Å²) in [6.07, 6.45) is 0. The van der Waals surface area contributed by atoms with Crippen molar-refractivity contribution < 1.29 is 23.9 Å². The highest BCUT2D eigenvalue weighted by molar-refractivity contribution is 6.32. The van der Waals surface area contributed by atoms with Crippen LogP contribution in [0.1, 0.15) is 12.5 Å². The van der Waals surface area contributed by atoms with E-state index in [2.05, 4.69) is 10.6 Å². The van der Waals surface area contributed by atoms with E-state index in [-0.39, 0.29) is 0 Å². The van der Waals surface area contributed by atoms with Crippen molar-refractivity contribution in [2.45, 2.75) is 12.5 Å². The molecule has 3 rings (SSSR count). The van der Waals surface area contributed by atoms with Gasteiger partial charge in [0.05, 0.1) is 19.2 Å². The number of anilines is 1. The van der Waals surface area contributed by atoms with Gasteiger partial charge in [-0.3, -0.25) is 14.5 Å². The largest absolute Gasteiger partial charge is 0.497 e. The second-order valence-electron chi connectivity index (χ2n) is 6.57. The quantitative estimate of drug-likeness (QED) is 0.704. The molecule has 9 heteroatoms. The zero-order valence-corrected chi connectivity index (χ0v) is 16.9. The normalized spacial score (nSPS) is 18.4. The summed E-state index contributed by atoms with van der Waals surface area (Å²) in [5.41, 5.74) is -0.264. The van der Waals surface area contributed by atoms with Crippen LogP contribution in [0, 0.1) is 0 Å². The van der Waals surface area contributed by atoms with Gasteiger partial charge in [-0.25, -0.2) is 4.79 Å². The number of methoxy groups -OCH3 is 2. The van der Waals surface area contributed by atoms with Crippen molar-refractivity contribution in [3.8, 4) is 11.5 Å². The number of nitrogens with one attached hydrogen (secondary N) is 2. The Morgan fingerprint density at radius 2 is 1.83 bits per heavy atom. The molecule has 1 heterocycles. The fourth-order valence-electron chi connectivity index (χ4n) is 3.05. The summed E-state index contributed by atoms with van der Waals surface area (Å²) in [6.45, 7) is 1.16. The van der Waals surface area contributed by atoms with Crippen LogP contribution in [0.5, 0.6) is 11.5 Å². The number of amides is 4. The van der Waals surface area contributed by atoms with Gasteiger partial charge in [0, 0.05) is 5.69 Å². The average molecular weight is 418 g/mol. The van der Waals surface area contributed by atoms with E-state index in [4.69, 9.17) is 21.1 Å². The van der Waals surface area contributed by atoms with Crippen LogP contribution < -0.4 is 20.1 Å². The van der Waals surface area contributed by atoms with Gasteiger partial charge in [-0.2, -0.15) is 0 Å². The molecule has 0 radical (unpaired) electrons. The van der Waals surface area contributed by atoms with Crippen LogP contribution in [0.25, 0.3) is 0 Å². The zero-order valence-electron chi connectivity index (χ0n) is 16.1. The van der Waals surface area contributed by atoms with Crippen LogP contribution in [0.15, 0.2) is 42.5 Å². The summed E-state index contributed by atoms with van der Waals surface area (Å²) < 4.78 is 10.2. The fraction of sp³-hybridized carbons (Fsp3) is 0.250. The average Bonchev–Trinajstić information content (AvgIpc) is 2.92. The lowest BCUT2D eigenvalue weighted by Crippen LogP contribution is -2.42. The molecule has 2 aromatic rings. The van der Waals surface area contributed by atoms with Gasteiger partial charge in [0.25, 0.3) is 5.91 Å². The number of ether oxygens (including phenoxy) is 2. The molecule has 1 fully saturated rings. The molecular weight excluding hydrogens is 398 g/mol. The highest BCUT2D eigenvalue weighted by atomic mass is 35.5. The molecule has 4 amide bonds. The molecular formula is C20H20ClN3O5. The number of imide groups is 1. The van der Waals surface area contributed by atoms with E-state index in [0.29, 0.717) is 27.8 Å². The topological polar surface area (TPSA) is 97.0 Å². The van der Waals surface area contributed by atoms with Crippen molar-refractivity contribution in [1.82, 2.24) is 10.2 Å².